The van der Waals surface area contributed by atoms with E-state index in [1.165, 1.54) is 0 Å². The third-order valence-electron chi connectivity index (χ3n) is 5.02. The second-order valence-corrected chi connectivity index (χ2v) is 9.38. The number of amides is 2. The summed E-state index contributed by atoms with van der Waals surface area (Å²) >= 11 is 3.24. The second-order valence-electron chi connectivity index (χ2n) is 7.45. The van der Waals surface area contributed by atoms with Gasteiger partial charge in [-0.1, -0.05) is 18.2 Å². The fourth-order valence-electron chi connectivity index (χ4n) is 3.54. The van der Waals surface area contributed by atoms with Crippen molar-refractivity contribution in [3.05, 3.63) is 69.0 Å². The number of anilines is 1. The van der Waals surface area contributed by atoms with Gasteiger partial charge in [0.2, 0.25) is 5.91 Å². The van der Waals surface area contributed by atoms with Crippen molar-refractivity contribution in [2.75, 3.05) is 32.6 Å². The van der Waals surface area contributed by atoms with Gasteiger partial charge in [-0.3, -0.25) is 14.5 Å². The van der Waals surface area contributed by atoms with Crippen LogP contribution in [0.25, 0.3) is 0 Å². The molecule has 32 heavy (non-hydrogen) atoms. The molecular formula is C23H24N4O3S2. The summed E-state index contributed by atoms with van der Waals surface area (Å²) in [7, 11) is 3.33. The number of hydrazone groups is 1. The van der Waals surface area contributed by atoms with Gasteiger partial charge in [0.05, 0.1) is 36.8 Å². The van der Waals surface area contributed by atoms with Crippen LogP contribution in [0.3, 0.4) is 0 Å². The number of nitrogens with one attached hydrogen (secondary N) is 1. The molecule has 3 aromatic rings. The summed E-state index contributed by atoms with van der Waals surface area (Å²) in [5.74, 6) is 0.332. The van der Waals surface area contributed by atoms with Crippen molar-refractivity contribution >= 4 is 45.9 Å². The first-order valence-electron chi connectivity index (χ1n) is 10.1. The lowest BCUT2D eigenvalue weighted by Gasteiger charge is -2.23. The molecule has 0 fully saturated rings. The van der Waals surface area contributed by atoms with Crippen LogP contribution in [0.15, 0.2) is 64.4 Å². The molecule has 0 bridgehead atoms. The normalized spacial score (nSPS) is 15.7. The Kier molecular flexibility index (Phi) is 6.99. The summed E-state index contributed by atoms with van der Waals surface area (Å²) in [5.41, 5.74) is 1.57. The van der Waals surface area contributed by atoms with Crippen molar-refractivity contribution in [1.29, 1.82) is 0 Å². The van der Waals surface area contributed by atoms with E-state index in [9.17, 15) is 9.59 Å². The van der Waals surface area contributed by atoms with E-state index in [1.807, 2.05) is 47.2 Å². The highest BCUT2D eigenvalue weighted by atomic mass is 32.1. The molecule has 2 amide bonds. The Hall–Kier alpha value is -3.01. The summed E-state index contributed by atoms with van der Waals surface area (Å²) in [6, 6.07) is 15.1. The van der Waals surface area contributed by atoms with Gasteiger partial charge in [-0.05, 0) is 42.1 Å². The molecular weight excluding hydrogens is 444 g/mol. The number of nitrogens with zero attached hydrogens (tertiary/aromatic N) is 3. The van der Waals surface area contributed by atoms with Crippen molar-refractivity contribution in [3.63, 3.8) is 0 Å². The number of benzene rings is 1. The van der Waals surface area contributed by atoms with Gasteiger partial charge in [0.1, 0.15) is 5.75 Å². The van der Waals surface area contributed by atoms with Crippen molar-refractivity contribution in [1.82, 2.24) is 9.91 Å². The molecule has 2 aromatic heterocycles. The molecule has 1 aliphatic heterocycles. The van der Waals surface area contributed by atoms with Crippen LogP contribution in [-0.2, 0) is 9.59 Å². The summed E-state index contributed by atoms with van der Waals surface area (Å²) < 4.78 is 5.18. The molecule has 3 heterocycles. The Morgan fingerprint density at radius 1 is 1.16 bits per heavy atom. The van der Waals surface area contributed by atoms with Gasteiger partial charge in [-0.25, -0.2) is 5.01 Å². The number of carbonyl (C=O) groups excluding carboxylic acids is 2. The van der Waals surface area contributed by atoms with Crippen LogP contribution in [0.2, 0.25) is 0 Å². The van der Waals surface area contributed by atoms with Crippen molar-refractivity contribution < 1.29 is 14.3 Å². The molecule has 0 radical (unpaired) electrons. The van der Waals surface area contributed by atoms with Crippen LogP contribution in [0.4, 0.5) is 5.69 Å². The number of carbonyl (C=O) groups is 2. The van der Waals surface area contributed by atoms with Gasteiger partial charge < -0.3 is 10.1 Å². The Morgan fingerprint density at radius 3 is 2.69 bits per heavy atom. The number of thiophene rings is 2. The van der Waals surface area contributed by atoms with E-state index in [2.05, 4.69) is 10.4 Å². The molecule has 9 heteroatoms. The van der Waals surface area contributed by atoms with Gasteiger partial charge in [-0.2, -0.15) is 5.10 Å². The summed E-state index contributed by atoms with van der Waals surface area (Å²) in [6.45, 7) is 0.177. The highest BCUT2D eigenvalue weighted by molar-refractivity contribution is 7.12. The molecule has 1 unspecified atom stereocenters. The van der Waals surface area contributed by atoms with Gasteiger partial charge >= 0.3 is 0 Å². The fourth-order valence-corrected chi connectivity index (χ4v) is 5.07. The number of hydrogen-bond acceptors (Lipinski definition) is 7. The molecule has 0 spiro atoms. The standard InChI is InChI=1S/C23H24N4O3S2/c1-26(14-22(28)24-16-6-3-7-17(12-16)30-2)15-23(29)27-19(21-9-5-11-32-21)13-18(25-27)20-8-4-10-31-20/h3-12,19H,13-15H2,1-2H3,(H,24,28). The minimum atomic E-state index is -0.201. The van der Waals surface area contributed by atoms with Crippen LogP contribution >= 0.6 is 22.7 Å². The number of hydrogen-bond donors (Lipinski definition) is 1. The minimum absolute atomic E-state index is 0.0853. The largest absolute Gasteiger partial charge is 0.497 e. The minimum Gasteiger partial charge on any atom is -0.497 e. The average molecular weight is 469 g/mol. The molecule has 1 aliphatic rings. The zero-order valence-electron chi connectivity index (χ0n) is 17.9. The molecule has 0 aliphatic carbocycles. The predicted octanol–water partition coefficient (Wildman–Crippen LogP) is 4.07. The lowest BCUT2D eigenvalue weighted by molar-refractivity contribution is -0.134. The zero-order chi connectivity index (χ0) is 22.5. The molecule has 1 N–H and O–H groups in total. The van der Waals surface area contributed by atoms with Crippen molar-refractivity contribution in [2.45, 2.75) is 12.5 Å². The first-order valence-corrected chi connectivity index (χ1v) is 11.9. The van der Waals surface area contributed by atoms with Crippen molar-refractivity contribution in [2.24, 2.45) is 5.10 Å². The molecule has 0 saturated carbocycles. The lowest BCUT2D eigenvalue weighted by Crippen LogP contribution is -2.39. The molecule has 1 aromatic carbocycles. The van der Waals surface area contributed by atoms with Crippen LogP contribution in [0, 0.1) is 0 Å². The van der Waals surface area contributed by atoms with Gasteiger partial charge in [0.25, 0.3) is 5.91 Å². The highest BCUT2D eigenvalue weighted by Gasteiger charge is 2.34. The molecule has 7 nitrogen and oxygen atoms in total. The van der Waals surface area contributed by atoms with E-state index in [0.717, 1.165) is 15.5 Å². The zero-order valence-corrected chi connectivity index (χ0v) is 19.5. The monoisotopic (exact) mass is 468 g/mol. The van der Waals surface area contributed by atoms with Crippen LogP contribution in [0.1, 0.15) is 22.2 Å². The third-order valence-corrected chi connectivity index (χ3v) is 6.91. The molecule has 166 valence electrons. The molecule has 0 saturated heterocycles. The topological polar surface area (TPSA) is 74.2 Å². The SMILES string of the molecule is COc1cccc(NC(=O)CN(C)CC(=O)N2N=C(c3cccs3)CC2c2cccs2)c1. The molecule has 4 rings (SSSR count). The fraction of sp³-hybridized carbons (Fsp3) is 0.261. The average Bonchev–Trinajstić information content (AvgIpc) is 3.54. The Bertz CT molecular complexity index is 1100. The molecule has 1 atom stereocenters. The van der Waals surface area contributed by atoms with E-state index in [1.54, 1.807) is 58.9 Å². The Balaban J connectivity index is 1.40. The summed E-state index contributed by atoms with van der Waals surface area (Å²) in [6.07, 6.45) is 0.687. The van der Waals surface area contributed by atoms with E-state index in [0.29, 0.717) is 17.9 Å². The van der Waals surface area contributed by atoms with E-state index < -0.39 is 0 Å². The summed E-state index contributed by atoms with van der Waals surface area (Å²) in [4.78, 5) is 29.5. The quantitative estimate of drug-likeness (QED) is 0.541. The maximum absolute atomic E-state index is 13.1. The van der Waals surface area contributed by atoms with E-state index >= 15 is 0 Å². The van der Waals surface area contributed by atoms with Crippen LogP contribution in [-0.4, -0.2) is 54.7 Å². The number of rotatable bonds is 8. The van der Waals surface area contributed by atoms with Gasteiger partial charge in [-0.15, -0.1) is 22.7 Å². The third kappa shape index (κ3) is 5.24. The van der Waals surface area contributed by atoms with E-state index in [-0.39, 0.29) is 30.9 Å². The lowest BCUT2D eigenvalue weighted by atomic mass is 10.1. The predicted molar refractivity (Wildman–Crippen MR) is 128 cm³/mol. The second kappa shape index (κ2) is 10.1. The van der Waals surface area contributed by atoms with Gasteiger partial charge in [0.15, 0.2) is 0 Å². The van der Waals surface area contributed by atoms with Crippen molar-refractivity contribution in [3.8, 4) is 5.75 Å². The maximum Gasteiger partial charge on any atom is 0.257 e. The smallest absolute Gasteiger partial charge is 0.257 e. The van der Waals surface area contributed by atoms with Crippen LogP contribution < -0.4 is 10.1 Å². The maximum atomic E-state index is 13.1. The number of methoxy groups -OCH3 is 1. The summed E-state index contributed by atoms with van der Waals surface area (Å²) in [5, 5.41) is 13.1. The van der Waals surface area contributed by atoms with E-state index in [4.69, 9.17) is 4.74 Å². The van der Waals surface area contributed by atoms with Gasteiger partial charge in [0, 0.05) is 23.1 Å². The Labute approximate surface area is 194 Å². The van der Waals surface area contributed by atoms with Crippen LogP contribution in [0.5, 0.6) is 5.75 Å². The number of likely N-dealkylation sites (N-methyl/N-ethyl adjacent to an activating group) is 1. The first kappa shape index (κ1) is 22.2. The highest BCUT2D eigenvalue weighted by Crippen LogP contribution is 2.35. The Morgan fingerprint density at radius 2 is 1.97 bits per heavy atom. The first-order chi connectivity index (χ1) is 15.5. The number of ether oxygens (including phenoxy) is 1.